The molecule has 8 heteroatoms. The standard InChI is InChI=1S/C18H20N6O2/c1-18(6-2-3-7-26-18)17-20-10-12(11-21-17)9-19-16(25)13-4-5-14-15(8-13)23-24-22-14/h4-5,8,10-11H,2-3,6-7,9H2,1H3,(H,19,25)(H,22,23,24)/t18-/m0/s1. The van der Waals surface area contributed by atoms with Crippen LogP contribution in [0.25, 0.3) is 11.0 Å². The van der Waals surface area contributed by atoms with E-state index in [1.165, 1.54) is 0 Å². The van der Waals surface area contributed by atoms with Crippen LogP contribution in [0.15, 0.2) is 30.6 Å². The van der Waals surface area contributed by atoms with Crippen molar-refractivity contribution in [3.8, 4) is 0 Å². The van der Waals surface area contributed by atoms with E-state index in [-0.39, 0.29) is 5.91 Å². The first kappa shape index (κ1) is 16.6. The Kier molecular flexibility index (Phi) is 4.34. The van der Waals surface area contributed by atoms with Crippen LogP contribution in [-0.4, -0.2) is 37.9 Å². The number of carbonyl (C=O) groups is 1. The van der Waals surface area contributed by atoms with E-state index >= 15 is 0 Å². The van der Waals surface area contributed by atoms with E-state index < -0.39 is 5.60 Å². The summed E-state index contributed by atoms with van der Waals surface area (Å²) in [6, 6.07) is 5.19. The Hall–Kier alpha value is -2.87. The first-order valence-corrected chi connectivity index (χ1v) is 8.68. The molecule has 134 valence electrons. The van der Waals surface area contributed by atoms with Gasteiger partial charge in [-0.3, -0.25) is 4.79 Å². The smallest absolute Gasteiger partial charge is 0.251 e. The summed E-state index contributed by atoms with van der Waals surface area (Å²) in [6.07, 6.45) is 6.61. The highest BCUT2D eigenvalue weighted by atomic mass is 16.5. The number of nitrogens with one attached hydrogen (secondary N) is 2. The lowest BCUT2D eigenvalue weighted by atomic mass is 9.95. The summed E-state index contributed by atoms with van der Waals surface area (Å²) >= 11 is 0. The third-order valence-corrected chi connectivity index (χ3v) is 4.68. The van der Waals surface area contributed by atoms with Crippen LogP contribution in [0.5, 0.6) is 0 Å². The van der Waals surface area contributed by atoms with E-state index in [2.05, 4.69) is 30.7 Å². The fourth-order valence-corrected chi connectivity index (χ4v) is 3.10. The normalized spacial score (nSPS) is 20.2. The highest BCUT2D eigenvalue weighted by Gasteiger charge is 2.32. The second kappa shape index (κ2) is 6.80. The van der Waals surface area contributed by atoms with Crippen LogP contribution in [-0.2, 0) is 16.9 Å². The molecule has 1 aliphatic rings. The molecule has 1 aromatic carbocycles. The molecule has 0 saturated carbocycles. The lowest BCUT2D eigenvalue weighted by Gasteiger charge is -2.32. The highest BCUT2D eigenvalue weighted by molar-refractivity contribution is 5.97. The van der Waals surface area contributed by atoms with E-state index in [0.29, 0.717) is 23.4 Å². The van der Waals surface area contributed by atoms with Gasteiger partial charge in [-0.15, -0.1) is 0 Å². The molecule has 2 N–H and O–H groups in total. The van der Waals surface area contributed by atoms with Crippen molar-refractivity contribution in [1.29, 1.82) is 0 Å². The van der Waals surface area contributed by atoms with Gasteiger partial charge < -0.3 is 10.1 Å². The van der Waals surface area contributed by atoms with E-state index in [1.807, 2.05) is 6.92 Å². The molecule has 3 aromatic rings. The minimum absolute atomic E-state index is 0.179. The SMILES string of the molecule is C[C@@]1(c2ncc(CNC(=O)c3ccc4n[nH]nc4c3)cn2)CCCCO1. The second-order valence-corrected chi connectivity index (χ2v) is 6.66. The summed E-state index contributed by atoms with van der Waals surface area (Å²) < 4.78 is 5.87. The van der Waals surface area contributed by atoms with Gasteiger partial charge in [0.1, 0.15) is 16.6 Å². The molecular formula is C18H20N6O2. The van der Waals surface area contributed by atoms with Gasteiger partial charge in [-0.1, -0.05) is 0 Å². The van der Waals surface area contributed by atoms with Crippen LogP contribution in [0, 0.1) is 0 Å². The average Bonchev–Trinajstić information content (AvgIpc) is 3.15. The van der Waals surface area contributed by atoms with Crippen molar-refractivity contribution in [3.63, 3.8) is 0 Å². The third kappa shape index (κ3) is 3.28. The Bertz CT molecular complexity index is 915. The number of nitrogens with zero attached hydrogens (tertiary/aromatic N) is 4. The Labute approximate surface area is 150 Å². The predicted molar refractivity (Wildman–Crippen MR) is 94.2 cm³/mol. The van der Waals surface area contributed by atoms with Gasteiger partial charge in [0.25, 0.3) is 5.91 Å². The Morgan fingerprint density at radius 2 is 2.04 bits per heavy atom. The molecule has 3 heterocycles. The number of aromatic amines is 1. The van der Waals surface area contributed by atoms with Gasteiger partial charge in [0.15, 0.2) is 5.82 Å². The summed E-state index contributed by atoms with van der Waals surface area (Å²) in [5, 5.41) is 13.4. The molecule has 1 amide bonds. The first-order chi connectivity index (χ1) is 12.6. The monoisotopic (exact) mass is 352 g/mol. The van der Waals surface area contributed by atoms with Gasteiger partial charge in [-0.25, -0.2) is 9.97 Å². The molecule has 0 radical (unpaired) electrons. The molecule has 0 aliphatic carbocycles. The molecule has 1 atom stereocenters. The number of carbonyl (C=O) groups excluding carboxylic acids is 1. The zero-order chi connectivity index (χ0) is 18.0. The van der Waals surface area contributed by atoms with Gasteiger partial charge in [0.05, 0.1) is 0 Å². The van der Waals surface area contributed by atoms with Crippen LogP contribution in [0.1, 0.15) is 47.9 Å². The number of H-pyrrole nitrogens is 1. The predicted octanol–water partition coefficient (Wildman–Crippen LogP) is 2.09. The molecule has 0 bridgehead atoms. The van der Waals surface area contributed by atoms with Crippen LogP contribution >= 0.6 is 0 Å². The minimum Gasteiger partial charge on any atom is -0.367 e. The van der Waals surface area contributed by atoms with Crippen molar-refractivity contribution in [3.05, 3.63) is 47.5 Å². The number of fused-ring (bicyclic) bond motifs is 1. The van der Waals surface area contributed by atoms with Crippen LogP contribution in [0.4, 0.5) is 0 Å². The Balaban J connectivity index is 1.40. The summed E-state index contributed by atoms with van der Waals surface area (Å²) in [7, 11) is 0. The van der Waals surface area contributed by atoms with Crippen LogP contribution in [0.2, 0.25) is 0 Å². The van der Waals surface area contributed by atoms with Crippen molar-refractivity contribution in [2.45, 2.75) is 38.3 Å². The molecule has 0 unspecified atom stereocenters. The average molecular weight is 352 g/mol. The Morgan fingerprint density at radius 3 is 2.81 bits per heavy atom. The number of amides is 1. The number of hydrogen-bond donors (Lipinski definition) is 2. The maximum Gasteiger partial charge on any atom is 0.251 e. The van der Waals surface area contributed by atoms with Crippen molar-refractivity contribution in [2.75, 3.05) is 6.61 Å². The molecule has 4 rings (SSSR count). The number of rotatable bonds is 4. The van der Waals surface area contributed by atoms with Crippen LogP contribution in [0.3, 0.4) is 0 Å². The fourth-order valence-electron chi connectivity index (χ4n) is 3.10. The first-order valence-electron chi connectivity index (χ1n) is 8.68. The van der Waals surface area contributed by atoms with Crippen molar-refractivity contribution >= 4 is 16.9 Å². The van der Waals surface area contributed by atoms with Crippen LogP contribution < -0.4 is 5.32 Å². The Morgan fingerprint density at radius 1 is 1.23 bits per heavy atom. The van der Waals surface area contributed by atoms with Gasteiger partial charge in [-0.2, -0.15) is 15.4 Å². The van der Waals surface area contributed by atoms with E-state index in [1.54, 1.807) is 30.6 Å². The highest BCUT2D eigenvalue weighted by Crippen LogP contribution is 2.32. The second-order valence-electron chi connectivity index (χ2n) is 6.66. The molecule has 1 fully saturated rings. The zero-order valence-corrected chi connectivity index (χ0v) is 14.5. The number of hydrogen-bond acceptors (Lipinski definition) is 6. The summed E-state index contributed by atoms with van der Waals surface area (Å²) in [5.41, 5.74) is 2.35. The lowest BCUT2D eigenvalue weighted by molar-refractivity contribution is -0.0760. The van der Waals surface area contributed by atoms with Crippen molar-refractivity contribution in [1.82, 2.24) is 30.7 Å². The molecule has 26 heavy (non-hydrogen) atoms. The van der Waals surface area contributed by atoms with E-state index in [0.717, 1.165) is 36.9 Å². The summed E-state index contributed by atoms with van der Waals surface area (Å²) in [5.74, 6) is 0.519. The quantitative estimate of drug-likeness (QED) is 0.745. The molecule has 8 nitrogen and oxygen atoms in total. The summed E-state index contributed by atoms with van der Waals surface area (Å²) in [4.78, 5) is 21.2. The van der Waals surface area contributed by atoms with Gasteiger partial charge in [0, 0.05) is 36.7 Å². The third-order valence-electron chi connectivity index (χ3n) is 4.68. The minimum atomic E-state index is -0.410. The zero-order valence-electron chi connectivity index (χ0n) is 14.5. The molecule has 1 aliphatic heterocycles. The van der Waals surface area contributed by atoms with Crippen molar-refractivity contribution in [2.24, 2.45) is 0 Å². The molecule has 1 saturated heterocycles. The van der Waals surface area contributed by atoms with Gasteiger partial charge in [-0.05, 0) is 44.4 Å². The summed E-state index contributed by atoms with van der Waals surface area (Å²) in [6.45, 7) is 3.13. The number of benzene rings is 1. The fraction of sp³-hybridized carbons (Fsp3) is 0.389. The van der Waals surface area contributed by atoms with E-state index in [4.69, 9.17) is 4.74 Å². The van der Waals surface area contributed by atoms with E-state index in [9.17, 15) is 4.79 Å². The van der Waals surface area contributed by atoms with Gasteiger partial charge in [0.2, 0.25) is 0 Å². The maximum absolute atomic E-state index is 12.3. The topological polar surface area (TPSA) is 106 Å². The number of ether oxygens (including phenoxy) is 1. The number of aromatic nitrogens is 5. The van der Waals surface area contributed by atoms with Crippen molar-refractivity contribution < 1.29 is 9.53 Å². The lowest BCUT2D eigenvalue weighted by Crippen LogP contribution is -2.32. The molecular weight excluding hydrogens is 332 g/mol. The largest absolute Gasteiger partial charge is 0.367 e. The molecule has 2 aromatic heterocycles. The molecule has 0 spiro atoms. The van der Waals surface area contributed by atoms with Gasteiger partial charge >= 0.3 is 0 Å². The maximum atomic E-state index is 12.3.